The Morgan fingerprint density at radius 3 is 2.65 bits per heavy atom. The van der Waals surface area contributed by atoms with Gasteiger partial charge in [0.25, 0.3) is 5.91 Å². The largest absolute Gasteiger partial charge is 0.482 e. The standard InChI is InChI=1S/C17H24N2O6S/c1-17(2,21)11-19(12-5-7-24-8-6-12)26(22,23)13-3-4-15-14(9-13)18-16(20)10-25-15/h3-4,9,12,21H,5-8,10-11H2,1-2H3,(H,18,20). The summed E-state index contributed by atoms with van der Waals surface area (Å²) in [6, 6.07) is 4.15. The number of sulfonamides is 1. The summed E-state index contributed by atoms with van der Waals surface area (Å²) in [5, 5.41) is 12.9. The molecule has 0 saturated carbocycles. The smallest absolute Gasteiger partial charge is 0.262 e. The molecule has 8 nitrogen and oxygen atoms in total. The Morgan fingerprint density at radius 2 is 2.00 bits per heavy atom. The fourth-order valence-electron chi connectivity index (χ4n) is 3.12. The minimum absolute atomic E-state index is 0.0278. The summed E-state index contributed by atoms with van der Waals surface area (Å²) >= 11 is 0. The van der Waals surface area contributed by atoms with Crippen LogP contribution in [0.5, 0.6) is 5.75 Å². The van der Waals surface area contributed by atoms with E-state index in [1.54, 1.807) is 13.8 Å². The lowest BCUT2D eigenvalue weighted by Crippen LogP contribution is -2.49. The van der Waals surface area contributed by atoms with Crippen molar-refractivity contribution in [1.29, 1.82) is 0 Å². The number of amides is 1. The maximum absolute atomic E-state index is 13.3. The summed E-state index contributed by atoms with van der Waals surface area (Å²) in [5.74, 6) is 0.105. The lowest BCUT2D eigenvalue weighted by atomic mass is 10.1. The monoisotopic (exact) mass is 384 g/mol. The van der Waals surface area contributed by atoms with Crippen LogP contribution in [0.25, 0.3) is 0 Å². The third-order valence-corrected chi connectivity index (χ3v) is 6.23. The molecule has 1 amide bonds. The molecule has 0 aliphatic carbocycles. The van der Waals surface area contributed by atoms with Gasteiger partial charge in [-0.3, -0.25) is 4.79 Å². The number of hydrogen-bond donors (Lipinski definition) is 2. The molecule has 2 aliphatic rings. The number of carbonyl (C=O) groups is 1. The van der Waals surface area contributed by atoms with E-state index >= 15 is 0 Å². The van der Waals surface area contributed by atoms with Gasteiger partial charge in [0.1, 0.15) is 5.75 Å². The molecule has 2 heterocycles. The van der Waals surface area contributed by atoms with E-state index in [1.807, 2.05) is 0 Å². The second kappa shape index (κ2) is 7.15. The van der Waals surface area contributed by atoms with Crippen LogP contribution in [-0.4, -0.2) is 61.7 Å². The van der Waals surface area contributed by atoms with E-state index in [0.717, 1.165) is 0 Å². The molecule has 0 spiro atoms. The molecule has 0 atom stereocenters. The number of anilines is 1. The number of rotatable bonds is 5. The minimum atomic E-state index is -3.87. The summed E-state index contributed by atoms with van der Waals surface area (Å²) in [5.41, 5.74) is -0.853. The Balaban J connectivity index is 1.96. The van der Waals surface area contributed by atoms with Gasteiger partial charge in [0, 0.05) is 25.8 Å². The van der Waals surface area contributed by atoms with Crippen LogP contribution in [0, 0.1) is 0 Å². The molecule has 3 rings (SSSR count). The van der Waals surface area contributed by atoms with E-state index in [2.05, 4.69) is 5.32 Å². The van der Waals surface area contributed by atoms with Crippen molar-refractivity contribution in [3.05, 3.63) is 18.2 Å². The Morgan fingerprint density at radius 1 is 1.31 bits per heavy atom. The second-order valence-electron chi connectivity index (χ2n) is 7.20. The zero-order valence-corrected chi connectivity index (χ0v) is 15.7. The predicted octanol–water partition coefficient (Wildman–Crippen LogP) is 0.958. The lowest BCUT2D eigenvalue weighted by Gasteiger charge is -2.36. The van der Waals surface area contributed by atoms with Crippen molar-refractivity contribution < 1.29 is 27.8 Å². The maximum Gasteiger partial charge on any atom is 0.262 e. The normalized spacial score (nSPS) is 19.0. The SMILES string of the molecule is CC(C)(O)CN(C1CCOCC1)S(=O)(=O)c1ccc2c(c1)NC(=O)CO2. The number of nitrogens with one attached hydrogen (secondary N) is 1. The van der Waals surface area contributed by atoms with Gasteiger partial charge < -0.3 is 19.9 Å². The molecule has 1 fully saturated rings. The number of fused-ring (bicyclic) bond motifs is 1. The highest BCUT2D eigenvalue weighted by molar-refractivity contribution is 7.89. The van der Waals surface area contributed by atoms with E-state index in [9.17, 15) is 18.3 Å². The van der Waals surface area contributed by atoms with Crippen molar-refractivity contribution in [2.75, 3.05) is 31.7 Å². The lowest BCUT2D eigenvalue weighted by molar-refractivity contribution is -0.118. The van der Waals surface area contributed by atoms with Crippen LogP contribution >= 0.6 is 0 Å². The summed E-state index contributed by atoms with van der Waals surface area (Å²) < 4.78 is 38.6. The third-order valence-electron chi connectivity index (χ3n) is 4.33. The number of aliphatic hydroxyl groups is 1. The average Bonchev–Trinajstić information content (AvgIpc) is 2.59. The Labute approximate surface area is 153 Å². The van der Waals surface area contributed by atoms with Crippen LogP contribution < -0.4 is 10.1 Å². The molecular weight excluding hydrogens is 360 g/mol. The van der Waals surface area contributed by atoms with Crippen molar-refractivity contribution in [3.63, 3.8) is 0 Å². The number of benzene rings is 1. The molecule has 0 radical (unpaired) electrons. The van der Waals surface area contributed by atoms with Crippen LogP contribution in [0.1, 0.15) is 26.7 Å². The highest BCUT2D eigenvalue weighted by atomic mass is 32.2. The molecule has 26 heavy (non-hydrogen) atoms. The zero-order valence-electron chi connectivity index (χ0n) is 14.9. The summed E-state index contributed by atoms with van der Waals surface area (Å²) in [6.45, 7) is 4.00. The van der Waals surface area contributed by atoms with Gasteiger partial charge in [-0.2, -0.15) is 4.31 Å². The van der Waals surface area contributed by atoms with Gasteiger partial charge in [-0.05, 0) is 44.9 Å². The van der Waals surface area contributed by atoms with E-state index in [1.165, 1.54) is 22.5 Å². The van der Waals surface area contributed by atoms with Crippen LogP contribution in [0.4, 0.5) is 5.69 Å². The zero-order chi connectivity index (χ0) is 18.9. The van der Waals surface area contributed by atoms with E-state index < -0.39 is 15.6 Å². The molecule has 0 unspecified atom stereocenters. The van der Waals surface area contributed by atoms with Gasteiger partial charge in [0.2, 0.25) is 10.0 Å². The molecule has 9 heteroatoms. The summed E-state index contributed by atoms with van der Waals surface area (Å²) in [4.78, 5) is 11.6. The van der Waals surface area contributed by atoms with Gasteiger partial charge >= 0.3 is 0 Å². The summed E-state index contributed by atoms with van der Waals surface area (Å²) in [6.07, 6.45) is 1.14. The fraction of sp³-hybridized carbons (Fsp3) is 0.588. The Kier molecular flexibility index (Phi) is 5.25. The number of nitrogens with zero attached hydrogens (tertiary/aromatic N) is 1. The summed E-state index contributed by atoms with van der Waals surface area (Å²) in [7, 11) is -3.87. The highest BCUT2D eigenvalue weighted by Crippen LogP contribution is 2.33. The van der Waals surface area contributed by atoms with Gasteiger partial charge in [-0.25, -0.2) is 8.42 Å². The van der Waals surface area contributed by atoms with Gasteiger partial charge in [0.05, 0.1) is 16.2 Å². The Bertz CT molecular complexity index is 781. The third kappa shape index (κ3) is 4.17. The van der Waals surface area contributed by atoms with Crippen molar-refractivity contribution >= 4 is 21.6 Å². The quantitative estimate of drug-likeness (QED) is 0.783. The Hall–Kier alpha value is -1.68. The molecular formula is C17H24N2O6S. The van der Waals surface area contributed by atoms with Gasteiger partial charge in [-0.1, -0.05) is 0 Å². The molecule has 2 aliphatic heterocycles. The molecule has 0 aromatic heterocycles. The molecule has 0 bridgehead atoms. The molecule has 1 aromatic rings. The van der Waals surface area contributed by atoms with E-state index in [0.29, 0.717) is 37.5 Å². The van der Waals surface area contributed by atoms with Crippen molar-refractivity contribution in [2.24, 2.45) is 0 Å². The maximum atomic E-state index is 13.3. The fourth-order valence-corrected chi connectivity index (χ4v) is 4.99. The van der Waals surface area contributed by atoms with Crippen LogP contribution in [0.3, 0.4) is 0 Å². The molecule has 144 valence electrons. The van der Waals surface area contributed by atoms with Crippen molar-refractivity contribution in [1.82, 2.24) is 4.31 Å². The molecule has 1 aromatic carbocycles. The number of carbonyl (C=O) groups excluding carboxylic acids is 1. The van der Waals surface area contributed by atoms with Crippen LogP contribution in [0.15, 0.2) is 23.1 Å². The first-order valence-electron chi connectivity index (χ1n) is 8.55. The highest BCUT2D eigenvalue weighted by Gasteiger charge is 2.36. The first-order chi connectivity index (χ1) is 12.2. The van der Waals surface area contributed by atoms with Gasteiger partial charge in [0.15, 0.2) is 6.61 Å². The number of ether oxygens (including phenoxy) is 2. The van der Waals surface area contributed by atoms with Gasteiger partial charge in [-0.15, -0.1) is 0 Å². The van der Waals surface area contributed by atoms with Crippen LogP contribution in [-0.2, 0) is 19.6 Å². The molecule has 2 N–H and O–H groups in total. The number of hydrogen-bond acceptors (Lipinski definition) is 6. The van der Waals surface area contributed by atoms with Crippen molar-refractivity contribution in [3.8, 4) is 5.75 Å². The van der Waals surface area contributed by atoms with E-state index in [4.69, 9.17) is 9.47 Å². The average molecular weight is 384 g/mol. The molecule has 1 saturated heterocycles. The van der Waals surface area contributed by atoms with Crippen LogP contribution in [0.2, 0.25) is 0 Å². The van der Waals surface area contributed by atoms with E-state index in [-0.39, 0.29) is 30.0 Å². The first kappa shape index (κ1) is 19.1. The minimum Gasteiger partial charge on any atom is -0.482 e. The second-order valence-corrected chi connectivity index (χ2v) is 9.09. The topological polar surface area (TPSA) is 105 Å². The first-order valence-corrected chi connectivity index (χ1v) is 9.99. The predicted molar refractivity (Wildman–Crippen MR) is 94.6 cm³/mol. The van der Waals surface area contributed by atoms with Crippen molar-refractivity contribution in [2.45, 2.75) is 43.2 Å².